The first-order valence-electron chi connectivity index (χ1n) is 6.44. The van der Waals surface area contributed by atoms with Gasteiger partial charge in [0, 0.05) is 24.7 Å². The Morgan fingerprint density at radius 2 is 2.37 bits per heavy atom. The number of hydrogen-bond acceptors (Lipinski definition) is 5. The summed E-state index contributed by atoms with van der Waals surface area (Å²) in [7, 11) is -1.60. The van der Waals surface area contributed by atoms with Crippen molar-refractivity contribution in [2.45, 2.75) is 38.8 Å². The molecule has 1 aliphatic heterocycles. The van der Waals surface area contributed by atoms with Gasteiger partial charge in [-0.05, 0) is 26.2 Å². The van der Waals surface area contributed by atoms with Gasteiger partial charge in [0.25, 0.3) is 0 Å². The van der Waals surface area contributed by atoms with E-state index >= 15 is 0 Å². The summed E-state index contributed by atoms with van der Waals surface area (Å²) in [5.41, 5.74) is 0.935. The third-order valence-corrected chi connectivity index (χ3v) is 6.00. The predicted molar refractivity (Wildman–Crippen MR) is 75.7 cm³/mol. The van der Waals surface area contributed by atoms with Crippen molar-refractivity contribution in [3.63, 3.8) is 0 Å². The van der Waals surface area contributed by atoms with Gasteiger partial charge in [-0.1, -0.05) is 0 Å². The Balaban J connectivity index is 1.87. The second-order valence-electron chi connectivity index (χ2n) is 4.88. The van der Waals surface area contributed by atoms with Gasteiger partial charge in [-0.15, -0.1) is 11.3 Å². The van der Waals surface area contributed by atoms with E-state index in [1.165, 1.54) is 15.6 Å². The number of sulfonamides is 1. The minimum Gasteiger partial charge on any atom is -0.378 e. The first-order chi connectivity index (χ1) is 8.97. The van der Waals surface area contributed by atoms with Crippen LogP contribution >= 0.6 is 11.3 Å². The molecule has 7 heteroatoms. The number of hydrogen-bond donors (Lipinski definition) is 0. The van der Waals surface area contributed by atoms with Crippen LogP contribution < -0.4 is 0 Å². The van der Waals surface area contributed by atoms with Gasteiger partial charge in [0.15, 0.2) is 0 Å². The molecular weight excluding hydrogens is 284 g/mol. The highest BCUT2D eigenvalue weighted by Crippen LogP contribution is 2.18. The van der Waals surface area contributed by atoms with E-state index < -0.39 is 10.0 Å². The molecule has 2 rings (SSSR count). The summed E-state index contributed by atoms with van der Waals surface area (Å²) in [5.74, 6) is 0.151. The molecule has 0 bridgehead atoms. The molecule has 0 aromatic carbocycles. The smallest absolute Gasteiger partial charge is 0.214 e. The van der Waals surface area contributed by atoms with E-state index in [9.17, 15) is 8.42 Å². The predicted octanol–water partition coefficient (Wildman–Crippen LogP) is 1.78. The molecule has 108 valence electrons. The monoisotopic (exact) mass is 304 g/mol. The van der Waals surface area contributed by atoms with E-state index in [0.29, 0.717) is 13.0 Å². The standard InChI is InChI=1S/C12H20N2O3S2/c1-10-9-18-12(13-10)8-14(2)19(15,16)7-5-11-4-3-6-17-11/h9,11H,3-8H2,1-2H3/t11-/m1/s1. The fraction of sp³-hybridized carbons (Fsp3) is 0.750. The molecule has 0 N–H and O–H groups in total. The molecule has 0 spiro atoms. The molecule has 0 radical (unpaired) electrons. The largest absolute Gasteiger partial charge is 0.378 e. The van der Waals surface area contributed by atoms with Gasteiger partial charge in [0.05, 0.1) is 18.4 Å². The van der Waals surface area contributed by atoms with Crippen LogP contribution in [0.2, 0.25) is 0 Å². The van der Waals surface area contributed by atoms with E-state index in [2.05, 4.69) is 4.98 Å². The van der Waals surface area contributed by atoms with Crippen molar-refractivity contribution in [2.24, 2.45) is 0 Å². The Kier molecular flexibility index (Phi) is 4.94. The van der Waals surface area contributed by atoms with Crippen molar-refractivity contribution in [1.29, 1.82) is 0 Å². The molecule has 1 aromatic rings. The molecule has 5 nitrogen and oxygen atoms in total. The third-order valence-electron chi connectivity index (χ3n) is 3.22. The summed E-state index contributed by atoms with van der Waals surface area (Å²) in [6.07, 6.45) is 2.72. The number of nitrogens with zero attached hydrogens (tertiary/aromatic N) is 2. The molecule has 0 amide bonds. The Morgan fingerprint density at radius 1 is 1.58 bits per heavy atom. The first kappa shape index (κ1) is 14.9. The quantitative estimate of drug-likeness (QED) is 0.804. The van der Waals surface area contributed by atoms with Crippen molar-refractivity contribution in [1.82, 2.24) is 9.29 Å². The summed E-state index contributed by atoms with van der Waals surface area (Å²) in [6.45, 7) is 3.03. The summed E-state index contributed by atoms with van der Waals surface area (Å²) < 4.78 is 31.1. The molecular formula is C12H20N2O3S2. The second-order valence-corrected chi connectivity index (χ2v) is 8.02. The Hall–Kier alpha value is -0.500. The van der Waals surface area contributed by atoms with E-state index in [1.54, 1.807) is 7.05 Å². The topological polar surface area (TPSA) is 59.5 Å². The van der Waals surface area contributed by atoms with Crippen LogP contribution in [-0.2, 0) is 21.3 Å². The minimum atomic E-state index is -3.22. The summed E-state index contributed by atoms with van der Waals surface area (Å²) in [4.78, 5) is 4.29. The molecule has 0 unspecified atom stereocenters. The molecule has 1 aromatic heterocycles. The van der Waals surface area contributed by atoms with E-state index in [-0.39, 0.29) is 11.9 Å². The molecule has 0 saturated carbocycles. The Labute approximate surface area is 118 Å². The van der Waals surface area contributed by atoms with Crippen molar-refractivity contribution >= 4 is 21.4 Å². The van der Waals surface area contributed by atoms with Gasteiger partial charge in [-0.3, -0.25) is 0 Å². The zero-order valence-electron chi connectivity index (χ0n) is 11.3. The van der Waals surface area contributed by atoms with Gasteiger partial charge in [0.1, 0.15) is 5.01 Å². The van der Waals surface area contributed by atoms with Crippen LogP contribution in [0.25, 0.3) is 0 Å². The Morgan fingerprint density at radius 3 is 2.95 bits per heavy atom. The van der Waals surface area contributed by atoms with Crippen LogP contribution in [0, 0.1) is 6.92 Å². The lowest BCUT2D eigenvalue weighted by molar-refractivity contribution is 0.108. The zero-order valence-corrected chi connectivity index (χ0v) is 13.0. The maximum absolute atomic E-state index is 12.1. The molecule has 0 aliphatic carbocycles. The maximum Gasteiger partial charge on any atom is 0.214 e. The Bertz CT molecular complexity index is 507. The lowest BCUT2D eigenvalue weighted by atomic mass is 10.2. The van der Waals surface area contributed by atoms with Crippen LogP contribution in [0.15, 0.2) is 5.38 Å². The average Bonchev–Trinajstić information content (AvgIpc) is 2.98. The summed E-state index contributed by atoms with van der Waals surface area (Å²) >= 11 is 1.50. The van der Waals surface area contributed by atoms with E-state index in [1.807, 2.05) is 12.3 Å². The van der Waals surface area contributed by atoms with Crippen LogP contribution in [0.3, 0.4) is 0 Å². The fourth-order valence-corrected chi connectivity index (χ4v) is 4.17. The summed E-state index contributed by atoms with van der Waals surface area (Å²) in [6, 6.07) is 0. The van der Waals surface area contributed by atoms with Gasteiger partial charge < -0.3 is 4.74 Å². The number of aromatic nitrogens is 1. The molecule has 1 atom stereocenters. The molecule has 1 fully saturated rings. The van der Waals surface area contributed by atoms with Crippen molar-refractivity contribution in [3.05, 3.63) is 16.1 Å². The molecule has 2 heterocycles. The second kappa shape index (κ2) is 6.30. The number of thiazole rings is 1. The highest BCUT2D eigenvalue weighted by molar-refractivity contribution is 7.89. The summed E-state index contributed by atoms with van der Waals surface area (Å²) in [5, 5.41) is 2.77. The number of aryl methyl sites for hydroxylation is 1. The van der Waals surface area contributed by atoms with Gasteiger partial charge in [0.2, 0.25) is 10.0 Å². The van der Waals surface area contributed by atoms with Crippen LogP contribution in [-0.4, -0.2) is 43.2 Å². The van der Waals surface area contributed by atoms with Crippen molar-refractivity contribution < 1.29 is 13.2 Å². The lowest BCUT2D eigenvalue weighted by Gasteiger charge is -2.17. The number of ether oxygens (including phenoxy) is 1. The van der Waals surface area contributed by atoms with Crippen LogP contribution in [0.1, 0.15) is 30.0 Å². The fourth-order valence-electron chi connectivity index (χ4n) is 2.07. The molecule has 1 aliphatic rings. The molecule has 19 heavy (non-hydrogen) atoms. The van der Waals surface area contributed by atoms with Crippen molar-refractivity contribution in [2.75, 3.05) is 19.4 Å². The minimum absolute atomic E-state index is 0.116. The van der Waals surface area contributed by atoms with Gasteiger partial charge in [-0.25, -0.2) is 13.4 Å². The third kappa shape index (κ3) is 4.24. The van der Waals surface area contributed by atoms with Crippen LogP contribution in [0.5, 0.6) is 0 Å². The van der Waals surface area contributed by atoms with E-state index in [0.717, 1.165) is 30.2 Å². The number of rotatable bonds is 6. The van der Waals surface area contributed by atoms with E-state index in [4.69, 9.17) is 4.74 Å². The normalized spacial score (nSPS) is 20.3. The van der Waals surface area contributed by atoms with Crippen LogP contribution in [0.4, 0.5) is 0 Å². The highest BCUT2D eigenvalue weighted by Gasteiger charge is 2.23. The average molecular weight is 304 g/mol. The maximum atomic E-state index is 12.1. The van der Waals surface area contributed by atoms with Crippen molar-refractivity contribution in [3.8, 4) is 0 Å². The SMILES string of the molecule is Cc1csc(CN(C)S(=O)(=O)CC[C@H]2CCCO2)n1. The van der Waals surface area contributed by atoms with Gasteiger partial charge in [-0.2, -0.15) is 4.31 Å². The lowest BCUT2D eigenvalue weighted by Crippen LogP contribution is -2.30. The highest BCUT2D eigenvalue weighted by atomic mass is 32.2. The van der Waals surface area contributed by atoms with Gasteiger partial charge >= 0.3 is 0 Å². The molecule has 1 saturated heterocycles. The first-order valence-corrected chi connectivity index (χ1v) is 8.93. The zero-order chi connectivity index (χ0) is 13.9.